The molecule has 1 aliphatic heterocycles. The summed E-state index contributed by atoms with van der Waals surface area (Å²) < 4.78 is 0. The van der Waals surface area contributed by atoms with E-state index in [0.717, 1.165) is 35.7 Å². The molecule has 3 heterocycles. The molecule has 2 amide bonds. The van der Waals surface area contributed by atoms with E-state index in [1.807, 2.05) is 6.92 Å². The quantitative estimate of drug-likeness (QED) is 0.642. The Morgan fingerprint density at radius 2 is 2.03 bits per heavy atom. The number of carboxylic acid groups (broad SMARTS) is 1. The van der Waals surface area contributed by atoms with Gasteiger partial charge in [-0.2, -0.15) is 0 Å². The van der Waals surface area contributed by atoms with E-state index in [-0.39, 0.29) is 30.6 Å². The first-order valence-electron chi connectivity index (χ1n) is 10.0. The van der Waals surface area contributed by atoms with Crippen LogP contribution in [0.25, 0.3) is 0 Å². The number of nitrogens with one attached hydrogen (secondary N) is 1. The maximum atomic E-state index is 12.5. The van der Waals surface area contributed by atoms with Crippen molar-refractivity contribution in [1.82, 2.24) is 20.5 Å². The van der Waals surface area contributed by atoms with Crippen LogP contribution in [0.3, 0.4) is 0 Å². The van der Waals surface area contributed by atoms with Gasteiger partial charge in [0.15, 0.2) is 0 Å². The third-order valence-electron chi connectivity index (χ3n) is 5.01. The van der Waals surface area contributed by atoms with E-state index in [0.29, 0.717) is 18.2 Å². The summed E-state index contributed by atoms with van der Waals surface area (Å²) in [5.41, 5.74) is 1.26. The van der Waals surface area contributed by atoms with Crippen molar-refractivity contribution in [2.75, 3.05) is 18.0 Å². The van der Waals surface area contributed by atoms with Crippen LogP contribution in [0.15, 0.2) is 0 Å². The number of hydrogen-bond donors (Lipinski definition) is 2. The second-order valence-corrected chi connectivity index (χ2v) is 9.28. The Balaban J connectivity index is 0.000000806. The number of aromatic nitrogens is 3. The highest BCUT2D eigenvalue weighted by Gasteiger charge is 2.36. The summed E-state index contributed by atoms with van der Waals surface area (Å²) in [5.74, 6) is -0.440. The van der Waals surface area contributed by atoms with Crippen molar-refractivity contribution >= 4 is 46.1 Å². The fourth-order valence-electron chi connectivity index (χ4n) is 3.51. The number of amides is 2. The SMILES string of the molecule is CCc1nnc(N2CC(C(=O)NCCc3nc4c(s3)CCCC4)CC2=O)s1.O=CO. The molecular weight excluding hydrogens is 426 g/mol. The first-order valence-corrected chi connectivity index (χ1v) is 11.6. The Labute approximate surface area is 182 Å². The van der Waals surface area contributed by atoms with E-state index in [9.17, 15) is 9.59 Å². The lowest BCUT2D eigenvalue weighted by molar-refractivity contribution is -0.126. The van der Waals surface area contributed by atoms with Crippen molar-refractivity contribution in [3.63, 3.8) is 0 Å². The van der Waals surface area contributed by atoms with Crippen LogP contribution in [0.1, 0.15) is 46.8 Å². The van der Waals surface area contributed by atoms with Crippen LogP contribution in [0.5, 0.6) is 0 Å². The molecule has 1 atom stereocenters. The maximum Gasteiger partial charge on any atom is 0.290 e. The normalized spacial score (nSPS) is 17.8. The smallest absolute Gasteiger partial charge is 0.290 e. The predicted octanol–water partition coefficient (Wildman–Crippen LogP) is 1.85. The lowest BCUT2D eigenvalue weighted by atomic mass is 10.0. The fourth-order valence-corrected chi connectivity index (χ4v) is 5.48. The summed E-state index contributed by atoms with van der Waals surface area (Å²) in [4.78, 5) is 40.8. The third kappa shape index (κ3) is 5.39. The lowest BCUT2D eigenvalue weighted by Gasteiger charge is -2.12. The van der Waals surface area contributed by atoms with Gasteiger partial charge in [0.2, 0.25) is 16.9 Å². The summed E-state index contributed by atoms with van der Waals surface area (Å²) in [6.45, 7) is 2.70. The molecule has 4 rings (SSSR count). The summed E-state index contributed by atoms with van der Waals surface area (Å²) in [5, 5.41) is 20.6. The highest BCUT2D eigenvalue weighted by molar-refractivity contribution is 7.15. The van der Waals surface area contributed by atoms with Crippen molar-refractivity contribution in [2.24, 2.45) is 5.92 Å². The molecule has 0 spiro atoms. The van der Waals surface area contributed by atoms with E-state index in [1.165, 1.54) is 34.7 Å². The number of anilines is 1. The number of rotatable bonds is 6. The van der Waals surface area contributed by atoms with Gasteiger partial charge in [0.05, 0.1) is 16.6 Å². The number of carbonyl (C=O) groups excluding carboxylic acids is 2. The van der Waals surface area contributed by atoms with E-state index in [4.69, 9.17) is 14.9 Å². The van der Waals surface area contributed by atoms with Gasteiger partial charge in [-0.25, -0.2) is 4.98 Å². The summed E-state index contributed by atoms with van der Waals surface area (Å²) >= 11 is 3.20. The van der Waals surface area contributed by atoms with Crippen LogP contribution in [-0.2, 0) is 40.1 Å². The fraction of sp³-hybridized carbons (Fsp3) is 0.579. The average Bonchev–Trinajstić information content (AvgIpc) is 3.45. The lowest BCUT2D eigenvalue weighted by Crippen LogP contribution is -2.34. The third-order valence-corrected chi connectivity index (χ3v) is 7.32. The Hall–Kier alpha value is -2.40. The molecule has 1 unspecified atom stereocenters. The summed E-state index contributed by atoms with van der Waals surface area (Å²) in [6, 6.07) is 0. The van der Waals surface area contributed by atoms with Crippen LogP contribution >= 0.6 is 22.7 Å². The summed E-state index contributed by atoms with van der Waals surface area (Å²) in [7, 11) is 0. The Morgan fingerprint density at radius 3 is 2.73 bits per heavy atom. The van der Waals surface area contributed by atoms with E-state index in [1.54, 1.807) is 16.2 Å². The number of thiazole rings is 1. The highest BCUT2D eigenvalue weighted by Crippen LogP contribution is 2.29. The zero-order valence-electron chi connectivity index (χ0n) is 16.8. The van der Waals surface area contributed by atoms with Crippen LogP contribution < -0.4 is 10.2 Å². The Kier molecular flexibility index (Phi) is 7.86. The Morgan fingerprint density at radius 1 is 1.27 bits per heavy atom. The molecule has 2 aliphatic rings. The molecule has 162 valence electrons. The minimum absolute atomic E-state index is 0.0541. The van der Waals surface area contributed by atoms with Crippen LogP contribution in [0.2, 0.25) is 0 Å². The molecule has 1 aliphatic carbocycles. The van der Waals surface area contributed by atoms with Crippen molar-refractivity contribution in [3.8, 4) is 0 Å². The molecule has 0 saturated carbocycles. The summed E-state index contributed by atoms with van der Waals surface area (Å²) in [6.07, 6.45) is 6.50. The standard InChI is InChI=1S/C18H23N5O2S2.CH2O2/c1-2-14-21-22-18(27-14)23-10-11(9-16(23)24)17(25)19-8-7-15-20-12-5-3-4-6-13(12)26-15;2-1-3/h11H,2-10H2,1H3,(H,19,25);1H,(H,2,3). The van der Waals surface area contributed by atoms with Gasteiger partial charge in [-0.1, -0.05) is 18.3 Å². The molecule has 1 fully saturated rings. The molecule has 0 radical (unpaired) electrons. The zero-order valence-corrected chi connectivity index (χ0v) is 18.4. The van der Waals surface area contributed by atoms with Gasteiger partial charge in [0.1, 0.15) is 5.01 Å². The van der Waals surface area contributed by atoms with Gasteiger partial charge in [0.25, 0.3) is 6.47 Å². The molecule has 9 nitrogen and oxygen atoms in total. The number of carbonyl (C=O) groups is 3. The molecular formula is C19H25N5O4S2. The van der Waals surface area contributed by atoms with Gasteiger partial charge in [-0.05, 0) is 32.1 Å². The van der Waals surface area contributed by atoms with Gasteiger partial charge in [-0.3, -0.25) is 19.3 Å². The molecule has 1 saturated heterocycles. The second kappa shape index (κ2) is 10.6. The predicted molar refractivity (Wildman–Crippen MR) is 114 cm³/mol. The monoisotopic (exact) mass is 451 g/mol. The molecule has 0 bridgehead atoms. The van der Waals surface area contributed by atoms with Crippen molar-refractivity contribution in [1.29, 1.82) is 0 Å². The van der Waals surface area contributed by atoms with Gasteiger partial charge < -0.3 is 10.4 Å². The number of fused-ring (bicyclic) bond motifs is 1. The largest absolute Gasteiger partial charge is 0.483 e. The molecule has 2 aromatic heterocycles. The topological polar surface area (TPSA) is 125 Å². The van der Waals surface area contributed by atoms with Gasteiger partial charge >= 0.3 is 0 Å². The maximum absolute atomic E-state index is 12.5. The van der Waals surface area contributed by atoms with Crippen LogP contribution in [-0.4, -0.2) is 51.7 Å². The molecule has 2 aromatic rings. The van der Waals surface area contributed by atoms with Gasteiger partial charge in [-0.15, -0.1) is 21.5 Å². The van der Waals surface area contributed by atoms with Crippen molar-refractivity contribution in [3.05, 3.63) is 20.6 Å². The molecule has 11 heteroatoms. The van der Waals surface area contributed by atoms with Crippen molar-refractivity contribution in [2.45, 2.75) is 51.9 Å². The van der Waals surface area contributed by atoms with E-state index >= 15 is 0 Å². The molecule has 30 heavy (non-hydrogen) atoms. The first kappa shape index (κ1) is 22.3. The Bertz CT molecular complexity index is 874. The minimum Gasteiger partial charge on any atom is -0.483 e. The van der Waals surface area contributed by atoms with E-state index < -0.39 is 0 Å². The second-order valence-electron chi connectivity index (χ2n) is 7.07. The average molecular weight is 452 g/mol. The molecule has 2 N–H and O–H groups in total. The van der Waals surface area contributed by atoms with Crippen LogP contribution in [0.4, 0.5) is 5.13 Å². The minimum atomic E-state index is -0.323. The van der Waals surface area contributed by atoms with Crippen LogP contribution in [0, 0.1) is 5.92 Å². The number of nitrogens with zero attached hydrogens (tertiary/aromatic N) is 4. The van der Waals surface area contributed by atoms with E-state index in [2.05, 4.69) is 15.5 Å². The number of aryl methyl sites for hydroxylation is 3. The first-order chi connectivity index (χ1) is 14.5. The molecule has 0 aromatic carbocycles. The number of hydrogen-bond acceptors (Lipinski definition) is 8. The zero-order chi connectivity index (χ0) is 21.5. The van der Waals surface area contributed by atoms with Gasteiger partial charge in [0, 0.05) is 30.8 Å². The highest BCUT2D eigenvalue weighted by atomic mass is 32.1. The van der Waals surface area contributed by atoms with Crippen molar-refractivity contribution < 1.29 is 19.5 Å².